The molecular formula is C11H20N2O5. The molecule has 0 radical (unpaired) electrons. The van der Waals surface area contributed by atoms with Gasteiger partial charge in [0.1, 0.15) is 18.8 Å². The topological polar surface area (TPSA) is 79.3 Å². The van der Waals surface area contributed by atoms with Crippen LogP contribution >= 0.6 is 0 Å². The molecule has 0 bridgehead atoms. The first-order chi connectivity index (χ1) is 8.53. The summed E-state index contributed by atoms with van der Waals surface area (Å²) in [6.07, 6.45) is -0.329. The van der Waals surface area contributed by atoms with Crippen LogP contribution in [0.25, 0.3) is 0 Å². The summed E-state index contributed by atoms with van der Waals surface area (Å²) in [6.45, 7) is 2.66. The number of nitrogens with zero attached hydrogens (tertiary/aromatic N) is 2. The van der Waals surface area contributed by atoms with Gasteiger partial charge in [-0.25, -0.2) is 4.79 Å². The van der Waals surface area contributed by atoms with E-state index < -0.39 is 5.97 Å². The molecule has 1 saturated heterocycles. The van der Waals surface area contributed by atoms with Crippen LogP contribution < -0.4 is 0 Å². The smallest absolute Gasteiger partial charge is 0.323 e. The quantitative estimate of drug-likeness (QED) is 0.744. The first kappa shape index (κ1) is 14.7. The zero-order chi connectivity index (χ0) is 13.7. The van der Waals surface area contributed by atoms with Crippen LogP contribution in [0.4, 0.5) is 4.79 Å². The van der Waals surface area contributed by atoms with Crippen LogP contribution in [-0.2, 0) is 14.3 Å². The van der Waals surface area contributed by atoms with Crippen molar-refractivity contribution in [3.05, 3.63) is 0 Å². The fourth-order valence-corrected chi connectivity index (χ4v) is 2.03. The van der Waals surface area contributed by atoms with Gasteiger partial charge in [-0.15, -0.1) is 0 Å². The molecule has 18 heavy (non-hydrogen) atoms. The third-order valence-corrected chi connectivity index (χ3v) is 3.07. The van der Waals surface area contributed by atoms with Crippen LogP contribution in [-0.4, -0.2) is 79.5 Å². The van der Waals surface area contributed by atoms with Crippen molar-refractivity contribution in [3.63, 3.8) is 0 Å². The molecule has 0 spiro atoms. The summed E-state index contributed by atoms with van der Waals surface area (Å²) in [5.74, 6) is -1.02. The zero-order valence-electron chi connectivity index (χ0n) is 11.0. The third-order valence-electron chi connectivity index (χ3n) is 3.07. The van der Waals surface area contributed by atoms with E-state index >= 15 is 0 Å². The van der Waals surface area contributed by atoms with Crippen molar-refractivity contribution in [2.45, 2.75) is 19.1 Å². The lowest BCUT2D eigenvalue weighted by molar-refractivity contribution is -0.137. The zero-order valence-corrected chi connectivity index (χ0v) is 11.0. The summed E-state index contributed by atoms with van der Waals surface area (Å²) in [5.41, 5.74) is 0. The van der Waals surface area contributed by atoms with Crippen LogP contribution in [0, 0.1) is 0 Å². The third kappa shape index (κ3) is 3.33. The second-order valence-corrected chi connectivity index (χ2v) is 4.14. The Labute approximate surface area is 106 Å². The van der Waals surface area contributed by atoms with Gasteiger partial charge in [-0.2, -0.15) is 0 Å². The number of hydrogen-bond acceptors (Lipinski definition) is 4. The molecule has 2 amide bonds. The normalized spacial score (nSPS) is 23.2. The fraction of sp³-hybridized carbons (Fsp3) is 0.818. The minimum Gasteiger partial charge on any atom is -0.480 e. The average Bonchev–Trinajstić information content (AvgIpc) is 2.77. The van der Waals surface area contributed by atoms with E-state index in [1.54, 1.807) is 26.0 Å². The summed E-state index contributed by atoms with van der Waals surface area (Å²) >= 11 is 0. The Balaban J connectivity index is 2.64. The van der Waals surface area contributed by atoms with Crippen LogP contribution in [0.5, 0.6) is 0 Å². The first-order valence-electron chi connectivity index (χ1n) is 5.84. The van der Waals surface area contributed by atoms with Gasteiger partial charge in [-0.1, -0.05) is 0 Å². The number of hydrogen-bond donors (Lipinski definition) is 1. The number of carboxylic acid groups (broad SMARTS) is 1. The Hall–Kier alpha value is -1.34. The molecule has 0 aliphatic carbocycles. The van der Waals surface area contributed by atoms with Crippen molar-refractivity contribution < 1.29 is 24.2 Å². The van der Waals surface area contributed by atoms with Gasteiger partial charge < -0.3 is 24.4 Å². The molecule has 1 aliphatic rings. The maximum atomic E-state index is 12.1. The lowest BCUT2D eigenvalue weighted by Gasteiger charge is -2.25. The Morgan fingerprint density at radius 3 is 2.11 bits per heavy atom. The number of urea groups is 1. The molecule has 1 N–H and O–H groups in total. The fourth-order valence-electron chi connectivity index (χ4n) is 2.03. The highest BCUT2D eigenvalue weighted by molar-refractivity contribution is 5.80. The van der Waals surface area contributed by atoms with Crippen molar-refractivity contribution in [1.82, 2.24) is 9.80 Å². The van der Waals surface area contributed by atoms with Crippen LogP contribution in [0.3, 0.4) is 0 Å². The molecule has 7 heteroatoms. The Morgan fingerprint density at radius 2 is 1.78 bits per heavy atom. The van der Waals surface area contributed by atoms with Crippen molar-refractivity contribution in [2.75, 3.05) is 40.4 Å². The predicted molar refractivity (Wildman–Crippen MR) is 63.4 cm³/mol. The summed E-state index contributed by atoms with van der Waals surface area (Å²) in [4.78, 5) is 25.6. The molecule has 1 fully saturated rings. The number of carbonyl (C=O) groups is 2. The van der Waals surface area contributed by atoms with E-state index in [2.05, 4.69) is 0 Å². The van der Waals surface area contributed by atoms with Crippen molar-refractivity contribution >= 4 is 12.0 Å². The maximum absolute atomic E-state index is 12.1. The molecular weight excluding hydrogens is 240 g/mol. The molecule has 1 aliphatic heterocycles. The van der Waals surface area contributed by atoms with E-state index in [1.165, 1.54) is 4.90 Å². The summed E-state index contributed by atoms with van der Waals surface area (Å²) in [7, 11) is 3.14. The van der Waals surface area contributed by atoms with Gasteiger partial charge in [0, 0.05) is 20.8 Å². The number of carboxylic acids is 1. The highest BCUT2D eigenvalue weighted by Gasteiger charge is 2.37. The Morgan fingerprint density at radius 1 is 1.28 bits per heavy atom. The molecule has 0 saturated carbocycles. The van der Waals surface area contributed by atoms with Crippen LogP contribution in [0.1, 0.15) is 6.92 Å². The summed E-state index contributed by atoms with van der Waals surface area (Å²) < 4.78 is 10.5. The van der Waals surface area contributed by atoms with Gasteiger partial charge >= 0.3 is 12.0 Å². The van der Waals surface area contributed by atoms with Gasteiger partial charge in [0.2, 0.25) is 0 Å². The van der Waals surface area contributed by atoms with E-state index in [4.69, 9.17) is 14.6 Å². The number of amides is 2. The van der Waals surface area contributed by atoms with Crippen LogP contribution in [0.2, 0.25) is 0 Å². The highest BCUT2D eigenvalue weighted by Crippen LogP contribution is 2.17. The molecule has 104 valence electrons. The SMILES string of the molecule is CCN(CC(=O)O)C(=O)N1CC(OC)C(OC)C1. The van der Waals surface area contributed by atoms with Gasteiger partial charge in [-0.3, -0.25) is 4.79 Å². The first-order valence-corrected chi connectivity index (χ1v) is 5.84. The van der Waals surface area contributed by atoms with Gasteiger partial charge in [0.25, 0.3) is 0 Å². The Kier molecular flexibility index (Phi) is 5.36. The van der Waals surface area contributed by atoms with Crippen molar-refractivity contribution in [2.24, 2.45) is 0 Å². The molecule has 0 aromatic heterocycles. The summed E-state index contributed by atoms with van der Waals surface area (Å²) in [6, 6.07) is -0.290. The van der Waals surface area contributed by atoms with Crippen LogP contribution in [0.15, 0.2) is 0 Å². The maximum Gasteiger partial charge on any atom is 0.323 e. The van der Waals surface area contributed by atoms with Crippen molar-refractivity contribution in [3.8, 4) is 0 Å². The predicted octanol–water partition coefficient (Wildman–Crippen LogP) is -0.141. The monoisotopic (exact) mass is 260 g/mol. The number of carbonyl (C=O) groups excluding carboxylic acids is 1. The number of aliphatic carboxylic acids is 1. The van der Waals surface area contributed by atoms with E-state index in [0.29, 0.717) is 19.6 Å². The highest BCUT2D eigenvalue weighted by atomic mass is 16.5. The summed E-state index contributed by atoms with van der Waals surface area (Å²) in [5, 5.41) is 8.74. The van der Waals surface area contributed by atoms with Crippen molar-refractivity contribution in [1.29, 1.82) is 0 Å². The van der Waals surface area contributed by atoms with E-state index in [-0.39, 0.29) is 24.8 Å². The Bertz CT molecular complexity index is 298. The second-order valence-electron chi connectivity index (χ2n) is 4.14. The van der Waals surface area contributed by atoms with Gasteiger partial charge in [0.05, 0.1) is 13.1 Å². The largest absolute Gasteiger partial charge is 0.480 e. The second kappa shape index (κ2) is 6.55. The number of likely N-dealkylation sites (N-methyl/N-ethyl adjacent to an activating group) is 1. The minimum absolute atomic E-state index is 0.164. The van der Waals surface area contributed by atoms with Gasteiger partial charge in [0.15, 0.2) is 0 Å². The molecule has 1 rings (SSSR count). The molecule has 2 unspecified atom stereocenters. The van der Waals surface area contributed by atoms with E-state index in [9.17, 15) is 9.59 Å². The minimum atomic E-state index is -1.02. The van der Waals surface area contributed by atoms with Gasteiger partial charge in [-0.05, 0) is 6.92 Å². The number of rotatable bonds is 5. The number of likely N-dealkylation sites (tertiary alicyclic amines) is 1. The molecule has 0 aromatic carbocycles. The van der Waals surface area contributed by atoms with E-state index in [0.717, 1.165) is 0 Å². The lowest BCUT2D eigenvalue weighted by atomic mass is 10.3. The average molecular weight is 260 g/mol. The molecule has 0 aromatic rings. The lowest BCUT2D eigenvalue weighted by Crippen LogP contribution is -2.44. The van der Waals surface area contributed by atoms with E-state index in [1.807, 2.05) is 0 Å². The number of ether oxygens (including phenoxy) is 2. The number of methoxy groups -OCH3 is 2. The molecule has 2 atom stereocenters. The molecule has 7 nitrogen and oxygen atoms in total. The standard InChI is InChI=1S/C11H20N2O5/c1-4-12(7-10(14)15)11(16)13-5-8(17-2)9(6-13)18-3/h8-9H,4-7H2,1-3H3,(H,14,15). The molecule has 1 heterocycles.